The summed E-state index contributed by atoms with van der Waals surface area (Å²) in [6.45, 7) is 19.6. The maximum atomic E-state index is 10.9. The minimum Gasteiger partial charge on any atom is -0.507 e. The van der Waals surface area contributed by atoms with Crippen molar-refractivity contribution >= 4 is 0 Å². The molecule has 0 radical (unpaired) electrons. The van der Waals surface area contributed by atoms with Gasteiger partial charge in [0.15, 0.2) is 0 Å². The molecule has 0 unspecified atom stereocenters. The van der Waals surface area contributed by atoms with Gasteiger partial charge < -0.3 is 43.6 Å². The fourth-order valence-corrected chi connectivity index (χ4v) is 3.35. The molecule has 6 N–H and O–H groups in total. The fraction of sp³-hybridized carbons (Fsp3) is 0.375. The molecule has 0 aliphatic carbocycles. The number of aryl methyl sites for hydroxylation is 4. The summed E-state index contributed by atoms with van der Waals surface area (Å²) in [4.78, 5) is 43.5. The molecule has 0 aliphatic heterocycles. The zero-order valence-corrected chi connectivity index (χ0v) is 27.6. The van der Waals surface area contributed by atoms with Crippen LogP contribution >= 0.6 is 0 Å². The van der Waals surface area contributed by atoms with Gasteiger partial charge in [0, 0.05) is 22.3 Å². The summed E-state index contributed by atoms with van der Waals surface area (Å²) in [5, 5.41) is 37.2. The Hall–Kier alpha value is -5.04. The number of hydrogen-bond donors (Lipinski definition) is 4. The highest BCUT2D eigenvalue weighted by Crippen LogP contribution is 2.22. The highest BCUT2D eigenvalue weighted by molar-refractivity contribution is 5.39. The van der Waals surface area contributed by atoms with Crippen LogP contribution in [-0.2, 0) is 0 Å². The summed E-state index contributed by atoms with van der Waals surface area (Å²) in [5.41, 5.74) is 1.73. The molecule has 0 bridgehead atoms. The van der Waals surface area contributed by atoms with E-state index in [1.807, 2.05) is 0 Å². The van der Waals surface area contributed by atoms with Crippen molar-refractivity contribution in [2.24, 2.45) is 0 Å². The van der Waals surface area contributed by atoms with E-state index in [2.05, 4.69) is 0 Å². The van der Waals surface area contributed by atoms with Crippen LogP contribution in [0.4, 0.5) is 0 Å². The van der Waals surface area contributed by atoms with E-state index in [0.717, 1.165) is 0 Å². The second-order valence-corrected chi connectivity index (χ2v) is 10.2. The van der Waals surface area contributed by atoms with E-state index in [9.17, 15) is 39.6 Å². The number of aromatic hydroxyl groups is 4. The topological polar surface area (TPSA) is 233 Å². The lowest BCUT2D eigenvalue weighted by molar-refractivity contribution is 0.419. The second-order valence-electron chi connectivity index (χ2n) is 10.2. The molecule has 0 saturated carbocycles. The number of hydrogen-bond acceptors (Lipinski definition) is 12. The molecule has 4 rings (SSSR count). The standard InChI is InChI=1S/4C8H10O3.H2O/c4*1-4-6(3)11-8(10)5(2)7(4)9;/h4*9H,1-3H3;1H2. The van der Waals surface area contributed by atoms with Gasteiger partial charge in [-0.1, -0.05) is 0 Å². The molecular weight excluding hydrogens is 592 g/mol. The lowest BCUT2D eigenvalue weighted by atomic mass is 10.2. The zero-order chi connectivity index (χ0) is 34.4. The SMILES string of the molecule is Cc1oc(=O)c(C)c(O)c1C.Cc1oc(=O)c(C)c(O)c1C.Cc1oc(=O)c(C)c(O)c1C.Cc1oc(=O)c(C)c(O)c1C.O. The van der Waals surface area contributed by atoms with E-state index in [-0.39, 0.29) is 50.7 Å². The van der Waals surface area contributed by atoms with Crippen molar-refractivity contribution in [3.05, 3.63) is 109 Å². The van der Waals surface area contributed by atoms with Crippen LogP contribution in [0.1, 0.15) is 67.5 Å². The van der Waals surface area contributed by atoms with Gasteiger partial charge in [0.1, 0.15) is 46.0 Å². The monoisotopic (exact) mass is 634 g/mol. The lowest BCUT2D eigenvalue weighted by Gasteiger charge is -2.02. The van der Waals surface area contributed by atoms with Crippen molar-refractivity contribution in [3.8, 4) is 23.0 Å². The van der Waals surface area contributed by atoms with Gasteiger partial charge in [0.25, 0.3) is 0 Å². The largest absolute Gasteiger partial charge is 0.507 e. The fourth-order valence-electron chi connectivity index (χ4n) is 3.35. The first-order chi connectivity index (χ1) is 20.1. The third kappa shape index (κ3) is 9.47. The molecule has 0 fully saturated rings. The van der Waals surface area contributed by atoms with Crippen LogP contribution in [0.25, 0.3) is 0 Å². The number of rotatable bonds is 0. The lowest BCUT2D eigenvalue weighted by Crippen LogP contribution is -2.05. The van der Waals surface area contributed by atoms with E-state index >= 15 is 0 Å². The Balaban J connectivity index is 0.000000569. The smallest absolute Gasteiger partial charge is 0.342 e. The summed E-state index contributed by atoms with van der Waals surface area (Å²) < 4.78 is 19.2. The molecule has 13 nitrogen and oxygen atoms in total. The maximum absolute atomic E-state index is 10.9. The Labute approximate surface area is 259 Å². The first-order valence-electron chi connectivity index (χ1n) is 13.3. The Kier molecular flexibility index (Phi) is 14.3. The van der Waals surface area contributed by atoms with Gasteiger partial charge in [0.2, 0.25) is 0 Å². The van der Waals surface area contributed by atoms with Crippen molar-refractivity contribution in [1.29, 1.82) is 0 Å². The van der Waals surface area contributed by atoms with Crippen molar-refractivity contribution in [1.82, 2.24) is 0 Å². The molecule has 4 aromatic rings. The van der Waals surface area contributed by atoms with Gasteiger partial charge in [-0.15, -0.1) is 0 Å². The van der Waals surface area contributed by atoms with E-state index < -0.39 is 22.5 Å². The van der Waals surface area contributed by atoms with Crippen molar-refractivity contribution in [2.45, 2.75) is 83.1 Å². The van der Waals surface area contributed by atoms with Crippen molar-refractivity contribution in [2.75, 3.05) is 0 Å². The molecule has 13 heteroatoms. The van der Waals surface area contributed by atoms with Crippen LogP contribution in [-0.4, -0.2) is 25.9 Å². The Bertz CT molecular complexity index is 1620. The van der Waals surface area contributed by atoms with Crippen LogP contribution in [0, 0.1) is 83.1 Å². The normalized spacial score (nSPS) is 9.87. The van der Waals surface area contributed by atoms with Gasteiger partial charge in [-0.05, 0) is 83.1 Å². The highest BCUT2D eigenvalue weighted by atomic mass is 16.4. The first kappa shape index (κ1) is 40.0. The van der Waals surface area contributed by atoms with Gasteiger partial charge >= 0.3 is 22.5 Å². The quantitative estimate of drug-likeness (QED) is 0.212. The van der Waals surface area contributed by atoms with Crippen LogP contribution in [0.2, 0.25) is 0 Å². The average Bonchev–Trinajstić information content (AvgIpc) is 2.97. The molecule has 0 saturated heterocycles. The first-order valence-corrected chi connectivity index (χ1v) is 13.3. The molecule has 248 valence electrons. The highest BCUT2D eigenvalue weighted by Gasteiger charge is 2.11. The van der Waals surface area contributed by atoms with Crippen LogP contribution in [0.3, 0.4) is 0 Å². The molecule has 4 heterocycles. The zero-order valence-electron chi connectivity index (χ0n) is 27.6. The Morgan fingerprint density at radius 2 is 0.444 bits per heavy atom. The van der Waals surface area contributed by atoms with E-state index in [1.165, 1.54) is 27.7 Å². The van der Waals surface area contributed by atoms with Gasteiger partial charge in [-0.2, -0.15) is 0 Å². The van der Waals surface area contributed by atoms with Gasteiger partial charge in [-0.25, -0.2) is 19.2 Å². The third-order valence-corrected chi connectivity index (χ3v) is 7.16. The van der Waals surface area contributed by atoms with E-state index in [1.54, 1.807) is 55.4 Å². The predicted molar refractivity (Wildman–Crippen MR) is 167 cm³/mol. The molecule has 4 aromatic heterocycles. The second kappa shape index (κ2) is 16.1. The average molecular weight is 635 g/mol. The third-order valence-electron chi connectivity index (χ3n) is 7.16. The van der Waals surface area contributed by atoms with E-state index in [4.69, 9.17) is 17.7 Å². The molecule has 45 heavy (non-hydrogen) atoms. The summed E-state index contributed by atoms with van der Waals surface area (Å²) in [7, 11) is 0. The van der Waals surface area contributed by atoms with Crippen molar-refractivity contribution in [3.63, 3.8) is 0 Å². The summed E-state index contributed by atoms with van der Waals surface area (Å²) in [6, 6.07) is 0. The predicted octanol–water partition coefficient (Wildman–Crippen LogP) is 4.26. The van der Waals surface area contributed by atoms with E-state index in [0.29, 0.717) is 45.3 Å². The molecule has 0 atom stereocenters. The van der Waals surface area contributed by atoms with Crippen molar-refractivity contribution < 1.29 is 43.6 Å². The van der Waals surface area contributed by atoms with Gasteiger partial charge in [0.05, 0.1) is 22.3 Å². The maximum Gasteiger partial charge on any atom is 0.342 e. The van der Waals surface area contributed by atoms with Crippen LogP contribution in [0.5, 0.6) is 23.0 Å². The Morgan fingerprint density at radius 3 is 0.578 bits per heavy atom. The summed E-state index contributed by atoms with van der Waals surface area (Å²) >= 11 is 0. The summed E-state index contributed by atoms with van der Waals surface area (Å²) in [6.07, 6.45) is 0. The minimum absolute atomic E-state index is 0. The minimum atomic E-state index is -0.467. The molecule has 0 amide bonds. The molecule has 0 aromatic carbocycles. The molecule has 0 aliphatic rings. The summed E-state index contributed by atoms with van der Waals surface area (Å²) in [5.74, 6) is 2.04. The molecular formula is C32H42O13. The van der Waals surface area contributed by atoms with Crippen LogP contribution < -0.4 is 22.5 Å². The Morgan fingerprint density at radius 1 is 0.311 bits per heavy atom. The van der Waals surface area contributed by atoms with Crippen LogP contribution in [0.15, 0.2) is 36.8 Å². The molecule has 0 spiro atoms. The van der Waals surface area contributed by atoms with Gasteiger partial charge in [-0.3, -0.25) is 0 Å².